The monoisotopic (exact) mass is 428 g/mol. The summed E-state index contributed by atoms with van der Waals surface area (Å²) >= 11 is 5.93. The van der Waals surface area contributed by atoms with Gasteiger partial charge in [-0.15, -0.1) is 0 Å². The number of halogens is 1. The number of anilines is 3. The van der Waals surface area contributed by atoms with Crippen molar-refractivity contribution in [3.63, 3.8) is 0 Å². The number of aliphatic hydroxyl groups excluding tert-OH is 1. The molecule has 0 aliphatic heterocycles. The fourth-order valence-electron chi connectivity index (χ4n) is 2.72. The summed E-state index contributed by atoms with van der Waals surface area (Å²) in [6, 6.07) is 16.9. The number of nitrogens with zero attached hydrogens (tertiary/aromatic N) is 2. The SMILES string of the molecule is CC.CNc1cc(Oc2ccnc(CO)c2)ccc1N(C)CNc1ccc(Cl)cc1. The second-order valence-corrected chi connectivity index (χ2v) is 6.65. The van der Waals surface area contributed by atoms with Crippen LogP contribution in [0.5, 0.6) is 11.5 Å². The smallest absolute Gasteiger partial charge is 0.130 e. The van der Waals surface area contributed by atoms with Gasteiger partial charge in [0.2, 0.25) is 0 Å². The summed E-state index contributed by atoms with van der Waals surface area (Å²) in [4.78, 5) is 6.16. The maximum Gasteiger partial charge on any atom is 0.130 e. The minimum Gasteiger partial charge on any atom is -0.457 e. The molecule has 0 aliphatic carbocycles. The number of aliphatic hydroxyl groups is 1. The number of hydrogen-bond acceptors (Lipinski definition) is 6. The topological polar surface area (TPSA) is 69.6 Å². The predicted molar refractivity (Wildman–Crippen MR) is 126 cm³/mol. The van der Waals surface area contributed by atoms with Gasteiger partial charge in [-0.3, -0.25) is 4.98 Å². The van der Waals surface area contributed by atoms with Gasteiger partial charge in [0.1, 0.15) is 11.5 Å². The molecule has 0 saturated carbocycles. The largest absolute Gasteiger partial charge is 0.457 e. The summed E-state index contributed by atoms with van der Waals surface area (Å²) in [5, 5.41) is 16.5. The molecule has 0 bridgehead atoms. The van der Waals surface area contributed by atoms with Crippen LogP contribution >= 0.6 is 11.6 Å². The second-order valence-electron chi connectivity index (χ2n) is 6.21. The maximum absolute atomic E-state index is 9.21. The van der Waals surface area contributed by atoms with Gasteiger partial charge in [0, 0.05) is 43.1 Å². The van der Waals surface area contributed by atoms with Crippen molar-refractivity contribution in [3.8, 4) is 11.5 Å². The summed E-state index contributed by atoms with van der Waals surface area (Å²) in [6.07, 6.45) is 1.62. The minimum atomic E-state index is -0.122. The number of rotatable bonds is 8. The molecule has 1 aromatic heterocycles. The highest BCUT2D eigenvalue weighted by Gasteiger charge is 2.09. The lowest BCUT2D eigenvalue weighted by Crippen LogP contribution is -2.25. The molecule has 3 rings (SSSR count). The first-order valence-electron chi connectivity index (χ1n) is 9.85. The number of benzene rings is 2. The van der Waals surface area contributed by atoms with Gasteiger partial charge in [0.05, 0.1) is 30.3 Å². The van der Waals surface area contributed by atoms with Gasteiger partial charge >= 0.3 is 0 Å². The first-order chi connectivity index (χ1) is 14.6. The van der Waals surface area contributed by atoms with E-state index in [0.717, 1.165) is 17.1 Å². The molecule has 0 saturated heterocycles. The molecule has 7 heteroatoms. The van der Waals surface area contributed by atoms with Crippen molar-refractivity contribution in [2.75, 3.05) is 36.3 Å². The third-order valence-corrected chi connectivity index (χ3v) is 4.45. The van der Waals surface area contributed by atoms with E-state index in [-0.39, 0.29) is 6.61 Å². The Bertz CT molecular complexity index is 919. The van der Waals surface area contributed by atoms with Crippen molar-refractivity contribution >= 4 is 28.7 Å². The molecule has 2 aromatic carbocycles. The lowest BCUT2D eigenvalue weighted by Gasteiger charge is -2.24. The van der Waals surface area contributed by atoms with E-state index >= 15 is 0 Å². The summed E-state index contributed by atoms with van der Waals surface area (Å²) < 4.78 is 5.90. The van der Waals surface area contributed by atoms with E-state index in [1.807, 2.05) is 70.4 Å². The van der Waals surface area contributed by atoms with Crippen LogP contribution in [0.4, 0.5) is 17.1 Å². The van der Waals surface area contributed by atoms with Gasteiger partial charge in [-0.25, -0.2) is 0 Å². The average Bonchev–Trinajstić information content (AvgIpc) is 2.80. The Kier molecular flexibility index (Phi) is 9.25. The standard InChI is InChI=1S/C21H23ClN4O2.C2H6/c1-23-20-12-18(28-19-9-10-24-17(11-19)13-27)7-8-21(20)26(2)14-25-16-5-3-15(22)4-6-16;1-2/h3-12,23,25,27H,13-14H2,1-2H3;1-2H3. The number of nitrogens with one attached hydrogen (secondary N) is 2. The molecule has 160 valence electrons. The van der Waals surface area contributed by atoms with Gasteiger partial charge < -0.3 is 25.4 Å². The molecule has 0 fully saturated rings. The fraction of sp³-hybridized carbons (Fsp3) is 0.261. The Labute approximate surface area is 183 Å². The van der Waals surface area contributed by atoms with E-state index in [0.29, 0.717) is 28.9 Å². The molecule has 1 heterocycles. The van der Waals surface area contributed by atoms with Crippen LogP contribution < -0.4 is 20.3 Å². The van der Waals surface area contributed by atoms with E-state index in [1.54, 1.807) is 18.3 Å². The number of aromatic nitrogens is 1. The molecule has 0 spiro atoms. The molecule has 0 atom stereocenters. The molecular weight excluding hydrogens is 400 g/mol. The van der Waals surface area contributed by atoms with E-state index in [9.17, 15) is 5.11 Å². The zero-order valence-electron chi connectivity index (χ0n) is 17.8. The highest BCUT2D eigenvalue weighted by Crippen LogP contribution is 2.32. The van der Waals surface area contributed by atoms with Gasteiger partial charge in [0.15, 0.2) is 0 Å². The van der Waals surface area contributed by atoms with E-state index in [2.05, 4.69) is 20.5 Å². The van der Waals surface area contributed by atoms with Crippen LogP contribution in [-0.2, 0) is 6.61 Å². The molecule has 0 aliphatic rings. The number of hydrogen-bond donors (Lipinski definition) is 3. The van der Waals surface area contributed by atoms with E-state index in [4.69, 9.17) is 16.3 Å². The predicted octanol–water partition coefficient (Wildman–Crippen LogP) is 5.59. The van der Waals surface area contributed by atoms with Crippen LogP contribution in [0.2, 0.25) is 5.02 Å². The van der Waals surface area contributed by atoms with Crippen LogP contribution in [0.15, 0.2) is 60.8 Å². The van der Waals surface area contributed by atoms with Gasteiger partial charge in [-0.05, 0) is 42.5 Å². The lowest BCUT2D eigenvalue weighted by atomic mass is 10.2. The van der Waals surface area contributed by atoms with Crippen molar-refractivity contribution in [1.82, 2.24) is 4.98 Å². The minimum absolute atomic E-state index is 0.122. The van der Waals surface area contributed by atoms with Crippen LogP contribution in [0.3, 0.4) is 0 Å². The van der Waals surface area contributed by atoms with E-state index < -0.39 is 0 Å². The van der Waals surface area contributed by atoms with Crippen molar-refractivity contribution in [2.45, 2.75) is 20.5 Å². The van der Waals surface area contributed by atoms with Crippen molar-refractivity contribution < 1.29 is 9.84 Å². The second kappa shape index (κ2) is 11.9. The van der Waals surface area contributed by atoms with Crippen LogP contribution in [0.25, 0.3) is 0 Å². The summed E-state index contributed by atoms with van der Waals surface area (Å²) in [5.41, 5.74) is 3.53. The normalized spacial score (nSPS) is 9.93. The van der Waals surface area contributed by atoms with Crippen LogP contribution in [-0.4, -0.2) is 30.9 Å². The third kappa shape index (κ3) is 6.54. The highest BCUT2D eigenvalue weighted by atomic mass is 35.5. The Morgan fingerprint density at radius 2 is 1.73 bits per heavy atom. The molecule has 0 radical (unpaired) electrons. The van der Waals surface area contributed by atoms with Crippen LogP contribution in [0, 0.1) is 0 Å². The van der Waals surface area contributed by atoms with Gasteiger partial charge in [-0.1, -0.05) is 25.4 Å². The Morgan fingerprint density at radius 1 is 1.03 bits per heavy atom. The number of pyridine rings is 1. The van der Waals surface area contributed by atoms with E-state index in [1.165, 1.54) is 0 Å². The zero-order valence-corrected chi connectivity index (χ0v) is 18.6. The highest BCUT2D eigenvalue weighted by molar-refractivity contribution is 6.30. The van der Waals surface area contributed by atoms with Crippen molar-refractivity contribution in [1.29, 1.82) is 0 Å². The molecule has 6 nitrogen and oxygen atoms in total. The van der Waals surface area contributed by atoms with Gasteiger partial charge in [0.25, 0.3) is 0 Å². The molecule has 0 amide bonds. The summed E-state index contributed by atoms with van der Waals surface area (Å²) in [7, 11) is 3.88. The lowest BCUT2D eigenvalue weighted by molar-refractivity contribution is 0.276. The molecular formula is C23H29ClN4O2. The third-order valence-electron chi connectivity index (χ3n) is 4.20. The Hall–Kier alpha value is -2.96. The zero-order chi connectivity index (χ0) is 21.9. The first kappa shape index (κ1) is 23.3. The fourth-order valence-corrected chi connectivity index (χ4v) is 2.84. The Morgan fingerprint density at radius 3 is 2.40 bits per heavy atom. The van der Waals surface area contributed by atoms with Gasteiger partial charge in [-0.2, -0.15) is 0 Å². The summed E-state index contributed by atoms with van der Waals surface area (Å²) in [5.74, 6) is 1.33. The quantitative estimate of drug-likeness (QED) is 0.406. The average molecular weight is 429 g/mol. The molecule has 30 heavy (non-hydrogen) atoms. The first-order valence-corrected chi connectivity index (χ1v) is 10.2. The molecule has 0 unspecified atom stereocenters. The Balaban J connectivity index is 0.00000155. The number of ether oxygens (including phenoxy) is 1. The van der Waals surface area contributed by atoms with Crippen LogP contribution in [0.1, 0.15) is 19.5 Å². The maximum atomic E-state index is 9.21. The van der Waals surface area contributed by atoms with Crippen molar-refractivity contribution in [2.24, 2.45) is 0 Å². The molecule has 3 N–H and O–H groups in total. The summed E-state index contributed by atoms with van der Waals surface area (Å²) in [6.45, 7) is 4.50. The van der Waals surface area contributed by atoms with Crippen molar-refractivity contribution in [3.05, 3.63) is 71.5 Å². The molecule has 3 aromatic rings.